The number of aromatic nitrogens is 3. The highest BCUT2D eigenvalue weighted by Gasteiger charge is 2.25. The lowest BCUT2D eigenvalue weighted by molar-refractivity contribution is -0.115. The molecule has 2 atom stereocenters. The number of carbonyl (C=O) groups excluding carboxylic acids is 1. The standard InChI is InChI=1S/C23H23FN4O4S/c1-14(22(29)25-17-8-9-19-20(11-17)32-13-31-19)33-23-27-26-21(15-4-6-16(24)7-5-15)28(23)12-18-3-2-10-30-18/h4-9,11,14,18H,2-3,10,12-13H2,1H3,(H,25,29). The van der Waals surface area contributed by atoms with E-state index in [1.165, 1.54) is 23.9 Å². The molecule has 33 heavy (non-hydrogen) atoms. The van der Waals surface area contributed by atoms with Crippen LogP contribution in [-0.2, 0) is 16.1 Å². The van der Waals surface area contributed by atoms with Crippen molar-refractivity contribution in [3.05, 3.63) is 48.3 Å². The Labute approximate surface area is 194 Å². The van der Waals surface area contributed by atoms with E-state index in [2.05, 4.69) is 15.5 Å². The van der Waals surface area contributed by atoms with Gasteiger partial charge in [0.15, 0.2) is 22.5 Å². The number of fused-ring (bicyclic) bond motifs is 1. The lowest BCUT2D eigenvalue weighted by Gasteiger charge is -2.16. The molecule has 3 aromatic rings. The van der Waals surface area contributed by atoms with E-state index in [0.717, 1.165) is 25.0 Å². The smallest absolute Gasteiger partial charge is 0.237 e. The van der Waals surface area contributed by atoms with Crippen LogP contribution in [0, 0.1) is 5.82 Å². The number of thioether (sulfide) groups is 1. The van der Waals surface area contributed by atoms with Gasteiger partial charge in [-0.2, -0.15) is 0 Å². The van der Waals surface area contributed by atoms with Crippen molar-refractivity contribution in [3.63, 3.8) is 0 Å². The number of halogens is 1. The van der Waals surface area contributed by atoms with Crippen LogP contribution in [0.2, 0.25) is 0 Å². The van der Waals surface area contributed by atoms with E-state index in [9.17, 15) is 9.18 Å². The highest BCUT2D eigenvalue weighted by atomic mass is 32.2. The van der Waals surface area contributed by atoms with Crippen molar-refractivity contribution in [2.24, 2.45) is 0 Å². The number of benzene rings is 2. The summed E-state index contributed by atoms with van der Waals surface area (Å²) >= 11 is 1.32. The quantitative estimate of drug-likeness (QED) is 0.520. The number of carbonyl (C=O) groups is 1. The zero-order valence-electron chi connectivity index (χ0n) is 18.0. The van der Waals surface area contributed by atoms with Gasteiger partial charge in [0.2, 0.25) is 12.7 Å². The van der Waals surface area contributed by atoms with Gasteiger partial charge in [0, 0.05) is 23.9 Å². The van der Waals surface area contributed by atoms with Gasteiger partial charge in [0.1, 0.15) is 5.82 Å². The molecule has 1 aromatic heterocycles. The third-order valence-corrected chi connectivity index (χ3v) is 6.60. The second kappa shape index (κ2) is 9.40. The molecule has 2 aliphatic rings. The van der Waals surface area contributed by atoms with Gasteiger partial charge in [-0.1, -0.05) is 11.8 Å². The average molecular weight is 471 g/mol. The highest BCUT2D eigenvalue weighted by molar-refractivity contribution is 8.00. The molecule has 172 valence electrons. The van der Waals surface area contributed by atoms with Crippen LogP contribution in [0.3, 0.4) is 0 Å². The van der Waals surface area contributed by atoms with Gasteiger partial charge in [-0.3, -0.25) is 9.36 Å². The van der Waals surface area contributed by atoms with Gasteiger partial charge in [-0.15, -0.1) is 10.2 Å². The number of nitrogens with zero attached hydrogens (tertiary/aromatic N) is 3. The molecule has 1 saturated heterocycles. The molecule has 0 bridgehead atoms. The molecule has 1 amide bonds. The number of amides is 1. The van der Waals surface area contributed by atoms with Crippen LogP contribution in [0.15, 0.2) is 47.6 Å². The fourth-order valence-corrected chi connectivity index (χ4v) is 4.63. The summed E-state index contributed by atoms with van der Waals surface area (Å²) in [5.41, 5.74) is 1.38. The number of anilines is 1. The van der Waals surface area contributed by atoms with Crippen molar-refractivity contribution in [1.82, 2.24) is 14.8 Å². The lowest BCUT2D eigenvalue weighted by Crippen LogP contribution is -2.23. The molecule has 0 radical (unpaired) electrons. The minimum Gasteiger partial charge on any atom is -0.454 e. The van der Waals surface area contributed by atoms with Crippen molar-refractivity contribution in [3.8, 4) is 22.9 Å². The lowest BCUT2D eigenvalue weighted by atomic mass is 10.2. The van der Waals surface area contributed by atoms with Crippen molar-refractivity contribution in [2.75, 3.05) is 18.7 Å². The van der Waals surface area contributed by atoms with Crippen molar-refractivity contribution < 1.29 is 23.4 Å². The Morgan fingerprint density at radius 3 is 2.82 bits per heavy atom. The summed E-state index contributed by atoms with van der Waals surface area (Å²) in [7, 11) is 0. The van der Waals surface area contributed by atoms with Crippen LogP contribution in [0.1, 0.15) is 19.8 Å². The second-order valence-electron chi connectivity index (χ2n) is 7.88. The van der Waals surface area contributed by atoms with Crippen molar-refractivity contribution >= 4 is 23.4 Å². The molecule has 5 rings (SSSR count). The maximum absolute atomic E-state index is 13.4. The van der Waals surface area contributed by atoms with Crippen molar-refractivity contribution in [2.45, 2.75) is 42.8 Å². The molecular formula is C23H23FN4O4S. The molecular weight excluding hydrogens is 447 g/mol. The van der Waals surface area contributed by atoms with Gasteiger partial charge >= 0.3 is 0 Å². The van der Waals surface area contributed by atoms with E-state index in [0.29, 0.717) is 34.7 Å². The average Bonchev–Trinajstić information content (AvgIpc) is 3.57. The molecule has 10 heteroatoms. The minimum atomic E-state index is -0.441. The van der Waals surface area contributed by atoms with E-state index in [1.54, 1.807) is 30.3 Å². The summed E-state index contributed by atoms with van der Waals surface area (Å²) in [4.78, 5) is 12.9. The number of ether oxygens (including phenoxy) is 3. The first-order valence-electron chi connectivity index (χ1n) is 10.7. The first-order chi connectivity index (χ1) is 16.1. The molecule has 1 fully saturated rings. The largest absolute Gasteiger partial charge is 0.454 e. The number of hydrogen-bond donors (Lipinski definition) is 1. The summed E-state index contributed by atoms with van der Waals surface area (Å²) in [6.45, 7) is 3.29. The molecule has 3 heterocycles. The van der Waals surface area contributed by atoms with Gasteiger partial charge < -0.3 is 19.5 Å². The van der Waals surface area contributed by atoms with E-state index < -0.39 is 5.25 Å². The van der Waals surface area contributed by atoms with Gasteiger partial charge in [0.25, 0.3) is 0 Å². The fraction of sp³-hybridized carbons (Fsp3) is 0.348. The van der Waals surface area contributed by atoms with E-state index in [1.807, 2.05) is 11.5 Å². The summed E-state index contributed by atoms with van der Waals surface area (Å²) in [5.74, 6) is 1.40. The number of nitrogens with one attached hydrogen (secondary N) is 1. The molecule has 8 nitrogen and oxygen atoms in total. The summed E-state index contributed by atoms with van der Waals surface area (Å²) in [6, 6.07) is 11.4. The van der Waals surface area contributed by atoms with Crippen molar-refractivity contribution in [1.29, 1.82) is 0 Å². The first kappa shape index (κ1) is 21.7. The molecule has 2 unspecified atom stereocenters. The zero-order valence-corrected chi connectivity index (χ0v) is 18.8. The Hall–Kier alpha value is -3.11. The van der Waals surface area contributed by atoms with Gasteiger partial charge in [0.05, 0.1) is 17.9 Å². The predicted octanol–water partition coefficient (Wildman–Crippen LogP) is 4.11. The van der Waals surface area contributed by atoms with E-state index in [4.69, 9.17) is 14.2 Å². The van der Waals surface area contributed by atoms with Crippen LogP contribution < -0.4 is 14.8 Å². The summed E-state index contributed by atoms with van der Waals surface area (Å²) in [6.07, 6.45) is 2.01. The maximum Gasteiger partial charge on any atom is 0.237 e. The van der Waals surface area contributed by atoms with Gasteiger partial charge in [-0.25, -0.2) is 4.39 Å². The monoisotopic (exact) mass is 470 g/mol. The third kappa shape index (κ3) is 4.81. The summed E-state index contributed by atoms with van der Waals surface area (Å²) < 4.78 is 31.9. The Balaban J connectivity index is 1.34. The molecule has 0 aliphatic carbocycles. The molecule has 1 N–H and O–H groups in total. The van der Waals surface area contributed by atoms with Crippen LogP contribution >= 0.6 is 11.8 Å². The highest BCUT2D eigenvalue weighted by Crippen LogP contribution is 2.35. The Morgan fingerprint density at radius 1 is 1.21 bits per heavy atom. The predicted molar refractivity (Wildman–Crippen MR) is 121 cm³/mol. The number of hydrogen-bond acceptors (Lipinski definition) is 7. The van der Waals surface area contributed by atoms with Crippen LogP contribution in [0.4, 0.5) is 10.1 Å². The van der Waals surface area contributed by atoms with Gasteiger partial charge in [-0.05, 0) is 56.2 Å². The Bertz CT molecular complexity index is 1150. The molecule has 0 spiro atoms. The molecule has 2 aromatic carbocycles. The van der Waals surface area contributed by atoms with Crippen LogP contribution in [0.5, 0.6) is 11.5 Å². The molecule has 2 aliphatic heterocycles. The molecule has 0 saturated carbocycles. The second-order valence-corrected chi connectivity index (χ2v) is 9.18. The van der Waals surface area contributed by atoms with Crippen LogP contribution in [0.25, 0.3) is 11.4 Å². The van der Waals surface area contributed by atoms with E-state index in [-0.39, 0.29) is 24.6 Å². The first-order valence-corrected chi connectivity index (χ1v) is 11.6. The topological polar surface area (TPSA) is 87.5 Å². The SMILES string of the molecule is CC(Sc1nnc(-c2ccc(F)cc2)n1CC1CCCO1)C(=O)Nc1ccc2c(c1)OCO2. The maximum atomic E-state index is 13.4. The van der Waals surface area contributed by atoms with E-state index >= 15 is 0 Å². The zero-order chi connectivity index (χ0) is 22.8. The number of rotatable bonds is 7. The normalized spacial score (nSPS) is 17.8. The minimum absolute atomic E-state index is 0.0531. The Kier molecular flexibility index (Phi) is 6.19. The Morgan fingerprint density at radius 2 is 2.03 bits per heavy atom. The summed E-state index contributed by atoms with van der Waals surface area (Å²) in [5, 5.41) is 11.8. The fourth-order valence-electron chi connectivity index (χ4n) is 3.77. The third-order valence-electron chi connectivity index (χ3n) is 5.52. The van der Waals surface area contributed by atoms with Crippen LogP contribution in [-0.4, -0.2) is 45.4 Å².